The van der Waals surface area contributed by atoms with E-state index in [0.29, 0.717) is 10.7 Å². The summed E-state index contributed by atoms with van der Waals surface area (Å²) in [7, 11) is -3.57. The Morgan fingerprint density at radius 3 is 2.55 bits per heavy atom. The summed E-state index contributed by atoms with van der Waals surface area (Å²) in [6, 6.07) is 11.8. The summed E-state index contributed by atoms with van der Waals surface area (Å²) < 4.78 is 30.0. The number of nitrogens with one attached hydrogen (secondary N) is 1. The van der Waals surface area contributed by atoms with Crippen molar-refractivity contribution in [2.24, 2.45) is 0 Å². The number of hydrogen-bond donors (Lipinski definition) is 1. The van der Waals surface area contributed by atoms with E-state index in [9.17, 15) is 13.2 Å². The number of rotatable bonds is 7. The first kappa shape index (κ1) is 21.0. The van der Waals surface area contributed by atoms with Gasteiger partial charge in [0.15, 0.2) is 15.7 Å². The maximum Gasteiger partial charge on any atom is 0.227 e. The normalized spacial score (nSPS) is 11.4. The predicted molar refractivity (Wildman–Crippen MR) is 110 cm³/mol. The van der Waals surface area contributed by atoms with E-state index in [-0.39, 0.29) is 41.1 Å². The second-order valence-corrected chi connectivity index (χ2v) is 9.11. The molecular formula is C20H20ClN3O4S. The molecule has 9 heteroatoms. The molecule has 1 N–H and O–H groups in total. The lowest BCUT2D eigenvalue weighted by Crippen LogP contribution is -2.13. The Hall–Kier alpha value is -2.71. The second kappa shape index (κ2) is 8.75. The molecule has 0 aliphatic heterocycles. The van der Waals surface area contributed by atoms with Gasteiger partial charge in [-0.05, 0) is 49.7 Å². The molecule has 0 spiro atoms. The molecule has 0 bridgehead atoms. The lowest BCUT2D eigenvalue weighted by molar-refractivity contribution is -0.116. The number of carbonyl (C=O) groups excluding carboxylic acids is 1. The van der Waals surface area contributed by atoms with Crippen molar-refractivity contribution in [2.45, 2.75) is 37.3 Å². The summed E-state index contributed by atoms with van der Waals surface area (Å²) in [6.07, 6.45) is 0.324. The highest BCUT2D eigenvalue weighted by molar-refractivity contribution is 7.90. The number of sulfone groups is 1. The largest absolute Gasteiger partial charge is 0.339 e. The molecule has 0 aliphatic rings. The summed E-state index contributed by atoms with van der Waals surface area (Å²) in [5.41, 5.74) is 2.50. The van der Waals surface area contributed by atoms with Crippen LogP contribution in [0.4, 0.5) is 5.69 Å². The van der Waals surface area contributed by atoms with Gasteiger partial charge >= 0.3 is 0 Å². The van der Waals surface area contributed by atoms with E-state index in [1.165, 1.54) is 0 Å². The Morgan fingerprint density at radius 1 is 1.14 bits per heavy atom. The van der Waals surface area contributed by atoms with Crippen molar-refractivity contribution >= 4 is 33.0 Å². The average Bonchev–Trinajstić information content (AvgIpc) is 3.09. The Balaban J connectivity index is 1.57. The number of aromatic nitrogens is 2. The summed E-state index contributed by atoms with van der Waals surface area (Å²) >= 11 is 5.91. The highest BCUT2D eigenvalue weighted by atomic mass is 35.5. The molecule has 2 aromatic carbocycles. The van der Waals surface area contributed by atoms with Crippen LogP contribution in [0.3, 0.4) is 0 Å². The van der Waals surface area contributed by atoms with Crippen LogP contribution in [0.2, 0.25) is 5.02 Å². The summed E-state index contributed by atoms with van der Waals surface area (Å²) in [5.74, 6) is -0.311. The van der Waals surface area contributed by atoms with Crippen LogP contribution in [0.25, 0.3) is 0 Å². The zero-order valence-electron chi connectivity index (χ0n) is 16.0. The minimum atomic E-state index is -3.57. The molecule has 0 radical (unpaired) electrons. The molecule has 29 heavy (non-hydrogen) atoms. The third-order valence-electron chi connectivity index (χ3n) is 4.24. The van der Waals surface area contributed by atoms with Gasteiger partial charge in [-0.1, -0.05) is 34.5 Å². The van der Waals surface area contributed by atoms with Crippen LogP contribution < -0.4 is 5.32 Å². The maximum atomic E-state index is 12.5. The van der Waals surface area contributed by atoms with Gasteiger partial charge in [-0.15, -0.1) is 0 Å². The number of carbonyl (C=O) groups is 1. The molecule has 0 saturated heterocycles. The van der Waals surface area contributed by atoms with Crippen LogP contribution in [-0.4, -0.2) is 24.5 Å². The highest BCUT2D eigenvalue weighted by Crippen LogP contribution is 2.20. The molecule has 1 aromatic heterocycles. The molecule has 0 fully saturated rings. The molecule has 3 aromatic rings. The van der Waals surface area contributed by atoms with Crippen molar-refractivity contribution in [3.05, 3.63) is 70.3 Å². The number of amides is 1. The van der Waals surface area contributed by atoms with Crippen LogP contribution in [0.1, 0.15) is 29.3 Å². The second-order valence-electron chi connectivity index (χ2n) is 6.68. The Labute approximate surface area is 174 Å². The van der Waals surface area contributed by atoms with Gasteiger partial charge in [0.2, 0.25) is 11.8 Å². The van der Waals surface area contributed by atoms with E-state index in [1.54, 1.807) is 42.5 Å². The molecule has 7 nitrogen and oxygen atoms in total. The van der Waals surface area contributed by atoms with Crippen molar-refractivity contribution < 1.29 is 17.7 Å². The van der Waals surface area contributed by atoms with E-state index < -0.39 is 9.84 Å². The lowest BCUT2D eigenvalue weighted by atomic mass is 10.2. The quantitative estimate of drug-likeness (QED) is 0.606. The number of anilines is 1. The zero-order valence-corrected chi connectivity index (χ0v) is 17.5. The van der Waals surface area contributed by atoms with Crippen LogP contribution in [0.15, 0.2) is 51.9 Å². The Bertz CT molecular complexity index is 1120. The lowest BCUT2D eigenvalue weighted by Gasteiger charge is -2.07. The number of nitrogens with zero attached hydrogens (tertiary/aromatic N) is 2. The third-order valence-corrected chi connectivity index (χ3v) is 6.10. The monoisotopic (exact) mass is 433 g/mol. The van der Waals surface area contributed by atoms with Crippen LogP contribution in [0.5, 0.6) is 0 Å². The fourth-order valence-corrected chi connectivity index (χ4v) is 4.05. The van der Waals surface area contributed by atoms with Gasteiger partial charge in [0.1, 0.15) is 5.75 Å². The number of halogens is 1. The molecule has 3 rings (SSSR count). The highest BCUT2D eigenvalue weighted by Gasteiger charge is 2.19. The molecule has 152 valence electrons. The van der Waals surface area contributed by atoms with Gasteiger partial charge in [-0.25, -0.2) is 8.42 Å². The fourth-order valence-electron chi connectivity index (χ4n) is 2.65. The maximum absolute atomic E-state index is 12.5. The first-order valence-electron chi connectivity index (χ1n) is 8.90. The topological polar surface area (TPSA) is 102 Å². The van der Waals surface area contributed by atoms with E-state index in [4.69, 9.17) is 16.1 Å². The average molecular weight is 434 g/mol. The molecule has 0 atom stereocenters. The molecular weight excluding hydrogens is 414 g/mol. The van der Waals surface area contributed by atoms with Crippen LogP contribution >= 0.6 is 11.6 Å². The third kappa shape index (κ3) is 5.65. The molecule has 0 unspecified atom stereocenters. The van der Waals surface area contributed by atoms with Gasteiger partial charge < -0.3 is 9.84 Å². The molecule has 1 amide bonds. The fraction of sp³-hybridized carbons (Fsp3) is 0.250. The summed E-state index contributed by atoms with van der Waals surface area (Å²) in [4.78, 5) is 16.4. The number of hydrogen-bond acceptors (Lipinski definition) is 6. The number of benzene rings is 2. The van der Waals surface area contributed by atoms with Gasteiger partial charge in [0.25, 0.3) is 0 Å². The summed E-state index contributed by atoms with van der Waals surface area (Å²) in [5, 5.41) is 7.11. The SMILES string of the molecule is Cc1ccc(S(=O)(=O)Cc2noc(CCC(=O)Nc3ccc(Cl)cc3C)n2)cc1. The summed E-state index contributed by atoms with van der Waals surface area (Å²) in [6.45, 7) is 3.73. The predicted octanol–water partition coefficient (Wildman–Crippen LogP) is 3.89. The Morgan fingerprint density at radius 2 is 1.86 bits per heavy atom. The van der Waals surface area contributed by atoms with Crippen molar-refractivity contribution in [3.8, 4) is 0 Å². The first-order valence-corrected chi connectivity index (χ1v) is 10.9. The smallest absolute Gasteiger partial charge is 0.227 e. The van der Waals surface area contributed by atoms with E-state index in [0.717, 1.165) is 11.1 Å². The van der Waals surface area contributed by atoms with Gasteiger partial charge in [0, 0.05) is 23.6 Å². The van der Waals surface area contributed by atoms with E-state index >= 15 is 0 Å². The van der Waals surface area contributed by atoms with Crippen LogP contribution in [-0.2, 0) is 26.8 Å². The van der Waals surface area contributed by atoms with Crippen molar-refractivity contribution in [1.29, 1.82) is 0 Å². The van der Waals surface area contributed by atoms with E-state index in [1.807, 2.05) is 13.8 Å². The molecule has 1 heterocycles. The van der Waals surface area contributed by atoms with Crippen LogP contribution in [0, 0.1) is 13.8 Å². The molecule has 0 saturated carbocycles. The first-order chi connectivity index (χ1) is 13.7. The number of aryl methyl sites for hydroxylation is 3. The van der Waals surface area contributed by atoms with Gasteiger partial charge in [-0.2, -0.15) is 4.98 Å². The minimum absolute atomic E-state index is 0.0644. The minimum Gasteiger partial charge on any atom is -0.339 e. The van der Waals surface area contributed by atoms with Gasteiger partial charge in [0.05, 0.1) is 4.90 Å². The zero-order chi connectivity index (χ0) is 21.0. The standard InChI is InChI=1S/C20H20ClN3O4S/c1-13-3-6-16(7-4-13)29(26,27)12-18-23-20(28-24-18)10-9-19(25)22-17-8-5-15(21)11-14(17)2/h3-8,11H,9-10,12H2,1-2H3,(H,22,25). The van der Waals surface area contributed by atoms with Crippen molar-refractivity contribution in [1.82, 2.24) is 10.1 Å². The van der Waals surface area contributed by atoms with Gasteiger partial charge in [-0.3, -0.25) is 4.79 Å². The molecule has 0 aliphatic carbocycles. The Kier molecular flexibility index (Phi) is 6.34. The van der Waals surface area contributed by atoms with E-state index in [2.05, 4.69) is 15.5 Å². The van der Waals surface area contributed by atoms with Crippen molar-refractivity contribution in [3.63, 3.8) is 0 Å². The van der Waals surface area contributed by atoms with Crippen molar-refractivity contribution in [2.75, 3.05) is 5.32 Å².